The van der Waals surface area contributed by atoms with Crippen LogP contribution >= 0.6 is 7.92 Å². The van der Waals surface area contributed by atoms with E-state index < -0.39 is 31.4 Å². The fourth-order valence-corrected chi connectivity index (χ4v) is 5.18. The second-order valence-corrected chi connectivity index (χ2v) is 9.06. The van der Waals surface area contributed by atoms with Crippen LogP contribution in [0.2, 0.25) is 0 Å². The molecule has 0 radical (unpaired) electrons. The summed E-state index contributed by atoms with van der Waals surface area (Å²) in [6.07, 6.45) is -8.91. The molecule has 0 saturated carbocycles. The predicted molar refractivity (Wildman–Crippen MR) is 109 cm³/mol. The van der Waals surface area contributed by atoms with Crippen molar-refractivity contribution in [3.8, 4) is 0 Å². The molecule has 3 aromatic carbocycles. The van der Waals surface area contributed by atoms with E-state index in [1.807, 2.05) is 43.3 Å². The smallest absolute Gasteiger partial charge is 0.378 e. The minimum absolute atomic E-state index is 0.621. The van der Waals surface area contributed by atoms with Crippen molar-refractivity contribution in [3.63, 3.8) is 0 Å². The maximum atomic E-state index is 12.9. The molecule has 0 heterocycles. The Labute approximate surface area is 171 Å². The summed E-state index contributed by atoms with van der Waals surface area (Å²) in [6, 6.07) is 17.1. The minimum Gasteiger partial charge on any atom is -0.378 e. The first-order chi connectivity index (χ1) is 14.0. The van der Waals surface area contributed by atoms with Crippen LogP contribution in [0.1, 0.15) is 11.1 Å². The van der Waals surface area contributed by atoms with E-state index in [0.29, 0.717) is 10.6 Å². The lowest BCUT2D eigenvalue weighted by atomic mass is 10.2. The Morgan fingerprint density at radius 3 is 1.10 bits per heavy atom. The topological polar surface area (TPSA) is 3.24 Å². The third-order valence-corrected chi connectivity index (χ3v) is 6.97. The van der Waals surface area contributed by atoms with E-state index >= 15 is 0 Å². The van der Waals surface area contributed by atoms with Gasteiger partial charge in [-0.25, -0.2) is 0 Å². The van der Waals surface area contributed by atoms with Gasteiger partial charge in [0.05, 0.1) is 11.1 Å². The SMILES string of the molecule is CN(C)c1ccc(P(c2ccc(C(F)(F)F)cc2)c2ccc(C(F)(F)F)cc2)cc1. The van der Waals surface area contributed by atoms with Gasteiger partial charge in [-0.05, 0) is 60.2 Å². The lowest BCUT2D eigenvalue weighted by Gasteiger charge is -2.21. The Bertz CT molecular complexity index is 917. The Kier molecular flexibility index (Phi) is 6.14. The van der Waals surface area contributed by atoms with Gasteiger partial charge in [-0.15, -0.1) is 0 Å². The Hall–Kier alpha value is -2.53. The first-order valence-electron chi connectivity index (χ1n) is 8.89. The van der Waals surface area contributed by atoms with E-state index in [2.05, 4.69) is 0 Å². The van der Waals surface area contributed by atoms with Gasteiger partial charge in [0.25, 0.3) is 0 Å². The molecule has 0 N–H and O–H groups in total. The van der Waals surface area contributed by atoms with Crippen molar-refractivity contribution in [2.45, 2.75) is 12.4 Å². The number of benzene rings is 3. The lowest BCUT2D eigenvalue weighted by molar-refractivity contribution is -0.138. The zero-order valence-electron chi connectivity index (χ0n) is 16.1. The first-order valence-corrected chi connectivity index (χ1v) is 10.2. The molecule has 0 aromatic heterocycles. The number of hydrogen-bond acceptors (Lipinski definition) is 1. The Morgan fingerprint density at radius 1 is 0.533 bits per heavy atom. The van der Waals surface area contributed by atoms with Crippen molar-refractivity contribution >= 4 is 29.5 Å². The maximum Gasteiger partial charge on any atom is 0.416 e. The van der Waals surface area contributed by atoms with Crippen LogP contribution in [-0.4, -0.2) is 14.1 Å². The maximum absolute atomic E-state index is 12.9. The molecule has 0 unspecified atom stereocenters. The summed E-state index contributed by atoms with van der Waals surface area (Å²) in [5.74, 6) is 0. The summed E-state index contributed by atoms with van der Waals surface area (Å²) in [5, 5.41) is 2.07. The highest BCUT2D eigenvalue weighted by molar-refractivity contribution is 7.79. The van der Waals surface area contributed by atoms with Gasteiger partial charge < -0.3 is 4.90 Å². The number of rotatable bonds is 4. The van der Waals surface area contributed by atoms with E-state index in [1.54, 1.807) is 0 Å². The first kappa shape index (κ1) is 22.2. The molecule has 3 aromatic rings. The Balaban J connectivity index is 2.07. The highest BCUT2D eigenvalue weighted by Gasteiger charge is 2.32. The van der Waals surface area contributed by atoms with Gasteiger partial charge >= 0.3 is 12.4 Å². The molecule has 0 spiro atoms. The highest BCUT2D eigenvalue weighted by Crippen LogP contribution is 2.36. The van der Waals surface area contributed by atoms with Gasteiger partial charge in [-0.2, -0.15) is 26.3 Å². The third kappa shape index (κ3) is 4.96. The zero-order valence-corrected chi connectivity index (χ0v) is 17.0. The van der Waals surface area contributed by atoms with Crippen LogP contribution in [0.15, 0.2) is 72.8 Å². The second-order valence-electron chi connectivity index (χ2n) is 6.84. The Morgan fingerprint density at radius 2 is 0.833 bits per heavy atom. The van der Waals surface area contributed by atoms with Crippen molar-refractivity contribution in [3.05, 3.63) is 83.9 Å². The molecular weight excluding hydrogens is 423 g/mol. The quantitative estimate of drug-likeness (QED) is 0.379. The monoisotopic (exact) mass is 441 g/mol. The molecule has 1 nitrogen and oxygen atoms in total. The average Bonchev–Trinajstić information content (AvgIpc) is 2.68. The molecule has 158 valence electrons. The van der Waals surface area contributed by atoms with Crippen LogP contribution in [0.3, 0.4) is 0 Å². The summed E-state index contributed by atoms with van der Waals surface area (Å²) in [7, 11) is 2.43. The molecule has 0 aliphatic heterocycles. The fourth-order valence-electron chi connectivity index (χ4n) is 2.95. The molecule has 0 aliphatic carbocycles. The highest BCUT2D eigenvalue weighted by atomic mass is 31.1. The normalized spacial score (nSPS) is 12.3. The number of nitrogens with zero attached hydrogens (tertiary/aromatic N) is 1. The second kappa shape index (κ2) is 8.31. The summed E-state index contributed by atoms with van der Waals surface area (Å²) >= 11 is 0. The van der Waals surface area contributed by atoms with E-state index in [-0.39, 0.29) is 0 Å². The average molecular weight is 441 g/mol. The van der Waals surface area contributed by atoms with Crippen LogP contribution in [0.5, 0.6) is 0 Å². The van der Waals surface area contributed by atoms with E-state index in [1.165, 1.54) is 24.3 Å². The van der Waals surface area contributed by atoms with Crippen molar-refractivity contribution in [1.29, 1.82) is 0 Å². The number of hydrogen-bond donors (Lipinski definition) is 0. The molecule has 30 heavy (non-hydrogen) atoms. The van der Waals surface area contributed by atoms with Crippen LogP contribution in [0.25, 0.3) is 0 Å². The van der Waals surface area contributed by atoms with Gasteiger partial charge in [0.2, 0.25) is 0 Å². The summed E-state index contributed by atoms with van der Waals surface area (Å²) < 4.78 is 77.6. The van der Waals surface area contributed by atoms with Crippen LogP contribution in [0.4, 0.5) is 32.0 Å². The predicted octanol–water partition coefficient (Wildman–Crippen LogP) is 5.55. The van der Waals surface area contributed by atoms with Crippen LogP contribution in [-0.2, 0) is 12.4 Å². The van der Waals surface area contributed by atoms with Gasteiger partial charge in [0.1, 0.15) is 0 Å². The molecular formula is C22H18F6NP. The third-order valence-electron chi connectivity index (χ3n) is 4.53. The molecule has 0 saturated heterocycles. The van der Waals surface area contributed by atoms with E-state index in [9.17, 15) is 26.3 Å². The van der Waals surface area contributed by atoms with Crippen molar-refractivity contribution in [2.24, 2.45) is 0 Å². The minimum atomic E-state index is -4.46. The number of anilines is 1. The van der Waals surface area contributed by atoms with Gasteiger partial charge in [-0.1, -0.05) is 36.4 Å². The number of halogens is 6. The molecule has 0 aliphatic rings. The standard InChI is InChI=1S/C22H18F6NP/c1-29(2)17-7-13-20(14-8-17)30(18-9-3-15(4-10-18)21(23,24)25)19-11-5-16(6-12-19)22(26,27)28/h3-14H,1-2H3. The van der Waals surface area contributed by atoms with E-state index in [4.69, 9.17) is 0 Å². The molecule has 0 amide bonds. The van der Waals surface area contributed by atoms with Crippen molar-refractivity contribution in [1.82, 2.24) is 0 Å². The van der Waals surface area contributed by atoms with Gasteiger partial charge in [-0.3, -0.25) is 0 Å². The van der Waals surface area contributed by atoms with Gasteiger partial charge in [0.15, 0.2) is 0 Å². The largest absolute Gasteiger partial charge is 0.416 e. The fraction of sp³-hybridized carbons (Fsp3) is 0.182. The summed E-state index contributed by atoms with van der Waals surface area (Å²) in [4.78, 5) is 1.91. The molecule has 0 fully saturated rings. The molecule has 3 rings (SSSR count). The van der Waals surface area contributed by atoms with Crippen molar-refractivity contribution < 1.29 is 26.3 Å². The molecule has 0 bridgehead atoms. The van der Waals surface area contributed by atoms with E-state index in [0.717, 1.165) is 35.3 Å². The molecule has 8 heteroatoms. The summed E-state index contributed by atoms with van der Waals surface area (Å²) in [5.41, 5.74) is -0.596. The van der Waals surface area contributed by atoms with Crippen LogP contribution < -0.4 is 20.8 Å². The lowest BCUT2D eigenvalue weighted by Crippen LogP contribution is -2.22. The molecule has 0 atom stereocenters. The summed E-state index contributed by atoms with van der Waals surface area (Å²) in [6.45, 7) is 0. The van der Waals surface area contributed by atoms with Crippen LogP contribution in [0, 0.1) is 0 Å². The number of alkyl halides is 6. The van der Waals surface area contributed by atoms with Gasteiger partial charge in [0, 0.05) is 19.8 Å². The zero-order chi connectivity index (χ0) is 22.1. The van der Waals surface area contributed by atoms with Crippen molar-refractivity contribution in [2.75, 3.05) is 19.0 Å².